The van der Waals surface area contributed by atoms with Crippen molar-refractivity contribution >= 4 is 11.9 Å². The third-order valence-electron chi connectivity index (χ3n) is 4.69. The second kappa shape index (κ2) is 16.9. The number of carbonyl (C=O) groups excluding carboxylic acids is 2. The lowest BCUT2D eigenvalue weighted by atomic mass is 10.0. The zero-order valence-electron chi connectivity index (χ0n) is 19.3. The molecule has 0 amide bonds. The largest absolute Gasteiger partial charge is 0.462 e. The average Bonchev–Trinajstić information content (AvgIpc) is 2.57. The molecule has 28 heavy (non-hydrogen) atoms. The molecule has 0 aromatic carbocycles. The van der Waals surface area contributed by atoms with E-state index in [1.807, 2.05) is 20.8 Å². The fraction of sp³-hybridized carbons (Fsp3) is 0.917. The fourth-order valence-electron chi connectivity index (χ4n) is 3.23. The number of unbranched alkanes of at least 4 members (excludes halogenated alkanes) is 12. The minimum Gasteiger partial charge on any atom is -0.462 e. The van der Waals surface area contributed by atoms with Crippen molar-refractivity contribution in [1.29, 1.82) is 0 Å². The van der Waals surface area contributed by atoms with Crippen molar-refractivity contribution in [1.82, 2.24) is 0 Å². The summed E-state index contributed by atoms with van der Waals surface area (Å²) >= 11 is 0. The molecule has 0 heterocycles. The molecule has 0 radical (unpaired) electrons. The minimum absolute atomic E-state index is 0.113. The predicted octanol–water partition coefficient (Wildman–Crippen LogP) is 7.13. The van der Waals surface area contributed by atoms with Crippen LogP contribution in [0.15, 0.2) is 0 Å². The van der Waals surface area contributed by atoms with Gasteiger partial charge in [0.25, 0.3) is 0 Å². The second-order valence-electron chi connectivity index (χ2n) is 9.08. The molecule has 4 nitrogen and oxygen atoms in total. The summed E-state index contributed by atoms with van der Waals surface area (Å²) in [5, 5.41) is 0. The Morgan fingerprint density at radius 3 is 1.57 bits per heavy atom. The van der Waals surface area contributed by atoms with E-state index in [-0.39, 0.29) is 18.4 Å². The van der Waals surface area contributed by atoms with Crippen LogP contribution in [0.4, 0.5) is 0 Å². The SMILES string of the molecule is CCCCCCCCCCCCCCCC(=O)OC(C)CC(=O)OC(C)(C)C. The normalized spacial score (nSPS) is 12.6. The highest BCUT2D eigenvalue weighted by Gasteiger charge is 2.20. The molecular formula is C24H46O4. The third kappa shape index (κ3) is 19.7. The summed E-state index contributed by atoms with van der Waals surface area (Å²) in [6.45, 7) is 9.49. The van der Waals surface area contributed by atoms with E-state index in [0.29, 0.717) is 6.42 Å². The molecule has 166 valence electrons. The van der Waals surface area contributed by atoms with Gasteiger partial charge in [-0.3, -0.25) is 9.59 Å². The summed E-state index contributed by atoms with van der Waals surface area (Å²) in [5.41, 5.74) is -0.505. The van der Waals surface area contributed by atoms with E-state index in [1.54, 1.807) is 6.92 Å². The van der Waals surface area contributed by atoms with Crippen LogP contribution in [0, 0.1) is 0 Å². The summed E-state index contributed by atoms with van der Waals surface area (Å²) in [6, 6.07) is 0. The van der Waals surface area contributed by atoms with Gasteiger partial charge >= 0.3 is 11.9 Å². The Morgan fingerprint density at radius 1 is 0.714 bits per heavy atom. The van der Waals surface area contributed by atoms with E-state index in [4.69, 9.17) is 9.47 Å². The molecule has 0 aromatic heterocycles. The van der Waals surface area contributed by atoms with Gasteiger partial charge in [0.2, 0.25) is 0 Å². The summed E-state index contributed by atoms with van der Waals surface area (Å²) in [4.78, 5) is 23.6. The number of rotatable bonds is 17. The predicted molar refractivity (Wildman–Crippen MR) is 116 cm³/mol. The van der Waals surface area contributed by atoms with Crippen molar-refractivity contribution in [3.05, 3.63) is 0 Å². The van der Waals surface area contributed by atoms with Gasteiger partial charge in [0.05, 0.1) is 6.42 Å². The third-order valence-corrected chi connectivity index (χ3v) is 4.69. The summed E-state index contributed by atoms with van der Waals surface area (Å²) in [6.07, 6.45) is 16.9. The number of hydrogen-bond acceptors (Lipinski definition) is 4. The maximum atomic E-state index is 11.8. The minimum atomic E-state index is -0.505. The van der Waals surface area contributed by atoms with Crippen LogP contribution in [-0.4, -0.2) is 23.6 Å². The van der Waals surface area contributed by atoms with Crippen LogP contribution in [0.5, 0.6) is 0 Å². The standard InChI is InChI=1S/C24H46O4/c1-6-7-8-9-10-11-12-13-14-15-16-17-18-19-22(25)27-21(2)20-23(26)28-24(3,4)5/h21H,6-20H2,1-5H3. The molecule has 0 aliphatic rings. The van der Waals surface area contributed by atoms with Gasteiger partial charge in [-0.1, -0.05) is 84.0 Å². The Morgan fingerprint density at radius 2 is 1.14 bits per heavy atom. The molecule has 0 fully saturated rings. The number of ether oxygens (including phenoxy) is 2. The molecule has 0 rings (SSSR count). The zero-order chi connectivity index (χ0) is 21.3. The molecule has 0 saturated carbocycles. The highest BCUT2D eigenvalue weighted by atomic mass is 16.6. The van der Waals surface area contributed by atoms with Gasteiger partial charge in [-0.25, -0.2) is 0 Å². The zero-order valence-corrected chi connectivity index (χ0v) is 19.3. The van der Waals surface area contributed by atoms with Crippen LogP contribution >= 0.6 is 0 Å². The lowest BCUT2D eigenvalue weighted by molar-refractivity contribution is -0.160. The molecular weight excluding hydrogens is 352 g/mol. The van der Waals surface area contributed by atoms with E-state index >= 15 is 0 Å². The smallest absolute Gasteiger partial charge is 0.310 e. The van der Waals surface area contributed by atoms with E-state index in [1.165, 1.54) is 70.6 Å². The quantitative estimate of drug-likeness (QED) is 0.193. The van der Waals surface area contributed by atoms with Crippen molar-refractivity contribution < 1.29 is 19.1 Å². The topological polar surface area (TPSA) is 52.6 Å². The van der Waals surface area contributed by atoms with E-state index in [9.17, 15) is 9.59 Å². The first kappa shape index (κ1) is 26.9. The Bertz CT molecular complexity index is 398. The number of esters is 2. The van der Waals surface area contributed by atoms with E-state index in [0.717, 1.165) is 12.8 Å². The number of carbonyl (C=O) groups is 2. The van der Waals surface area contributed by atoms with E-state index in [2.05, 4.69) is 6.92 Å². The molecule has 0 saturated heterocycles. The van der Waals surface area contributed by atoms with Gasteiger partial charge in [-0.15, -0.1) is 0 Å². The summed E-state index contributed by atoms with van der Waals surface area (Å²) in [5.74, 6) is -0.534. The monoisotopic (exact) mass is 398 g/mol. The molecule has 0 aromatic rings. The summed E-state index contributed by atoms with van der Waals surface area (Å²) < 4.78 is 10.5. The maximum absolute atomic E-state index is 11.8. The Kier molecular flexibility index (Phi) is 16.2. The van der Waals surface area contributed by atoms with Gasteiger partial charge in [0.1, 0.15) is 11.7 Å². The molecule has 1 unspecified atom stereocenters. The van der Waals surface area contributed by atoms with Crippen LogP contribution < -0.4 is 0 Å². The van der Waals surface area contributed by atoms with Gasteiger partial charge in [0, 0.05) is 6.42 Å². The van der Waals surface area contributed by atoms with Crippen molar-refractivity contribution in [3.8, 4) is 0 Å². The van der Waals surface area contributed by atoms with Crippen LogP contribution in [0.3, 0.4) is 0 Å². The van der Waals surface area contributed by atoms with Crippen LogP contribution in [0.25, 0.3) is 0 Å². The average molecular weight is 399 g/mol. The maximum Gasteiger partial charge on any atom is 0.310 e. The van der Waals surface area contributed by atoms with Crippen LogP contribution in [0.2, 0.25) is 0 Å². The number of hydrogen-bond donors (Lipinski definition) is 0. The Labute approximate surface area is 174 Å². The molecule has 0 aliphatic heterocycles. The summed E-state index contributed by atoms with van der Waals surface area (Å²) in [7, 11) is 0. The second-order valence-corrected chi connectivity index (χ2v) is 9.08. The molecule has 4 heteroatoms. The van der Waals surface area contributed by atoms with E-state index < -0.39 is 11.7 Å². The molecule has 0 N–H and O–H groups in total. The van der Waals surface area contributed by atoms with Gasteiger partial charge < -0.3 is 9.47 Å². The highest BCUT2D eigenvalue weighted by Crippen LogP contribution is 2.14. The van der Waals surface area contributed by atoms with Gasteiger partial charge in [-0.2, -0.15) is 0 Å². The molecule has 0 aliphatic carbocycles. The fourth-order valence-corrected chi connectivity index (χ4v) is 3.23. The Hall–Kier alpha value is -1.06. The van der Waals surface area contributed by atoms with Gasteiger partial charge in [-0.05, 0) is 34.1 Å². The van der Waals surface area contributed by atoms with Gasteiger partial charge in [0.15, 0.2) is 0 Å². The van der Waals surface area contributed by atoms with Crippen LogP contribution in [-0.2, 0) is 19.1 Å². The lowest BCUT2D eigenvalue weighted by Crippen LogP contribution is -2.27. The van der Waals surface area contributed by atoms with Crippen molar-refractivity contribution in [2.45, 2.75) is 143 Å². The van der Waals surface area contributed by atoms with Crippen LogP contribution in [0.1, 0.15) is 131 Å². The molecule has 1 atom stereocenters. The first-order valence-corrected chi connectivity index (χ1v) is 11.7. The highest BCUT2D eigenvalue weighted by molar-refractivity contribution is 5.72. The van der Waals surface area contributed by atoms with Crippen molar-refractivity contribution in [2.75, 3.05) is 0 Å². The molecule has 0 spiro atoms. The Balaban J connectivity index is 3.46. The van der Waals surface area contributed by atoms with Crippen molar-refractivity contribution in [2.24, 2.45) is 0 Å². The van der Waals surface area contributed by atoms with Crippen molar-refractivity contribution in [3.63, 3.8) is 0 Å². The lowest BCUT2D eigenvalue weighted by Gasteiger charge is -2.21. The first-order chi connectivity index (χ1) is 13.2. The first-order valence-electron chi connectivity index (χ1n) is 11.7. The molecule has 0 bridgehead atoms.